The summed E-state index contributed by atoms with van der Waals surface area (Å²) < 4.78 is 15.0. The summed E-state index contributed by atoms with van der Waals surface area (Å²) in [5, 5.41) is 0. The van der Waals surface area contributed by atoms with Crippen LogP contribution < -0.4 is 4.74 Å². The van der Waals surface area contributed by atoms with Gasteiger partial charge in [-0.3, -0.25) is 4.79 Å². The Kier molecular flexibility index (Phi) is 5.53. The lowest BCUT2D eigenvalue weighted by atomic mass is 10.1. The van der Waals surface area contributed by atoms with Crippen LogP contribution in [0.15, 0.2) is 24.3 Å². The van der Waals surface area contributed by atoms with Crippen molar-refractivity contribution in [1.82, 2.24) is 0 Å². The summed E-state index contributed by atoms with van der Waals surface area (Å²) in [6.07, 6.45) is 0. The molecule has 0 N–H and O–H groups in total. The van der Waals surface area contributed by atoms with Crippen LogP contribution in [-0.4, -0.2) is 39.8 Å². The number of benzene rings is 1. The zero-order chi connectivity index (χ0) is 11.8. The lowest BCUT2D eigenvalue weighted by Crippen LogP contribution is -2.11. The zero-order valence-corrected chi connectivity index (χ0v) is 9.56. The first-order valence-electron chi connectivity index (χ1n) is 5.02. The minimum absolute atomic E-state index is 0.0428. The van der Waals surface area contributed by atoms with Crippen molar-refractivity contribution in [2.75, 3.05) is 34.0 Å². The molecule has 0 bridgehead atoms. The van der Waals surface area contributed by atoms with Crippen molar-refractivity contribution in [2.45, 2.75) is 0 Å². The molecule has 0 aliphatic carbocycles. The first-order valence-corrected chi connectivity index (χ1v) is 5.02. The molecule has 0 aliphatic heterocycles. The molecular weight excluding hydrogens is 208 g/mol. The second-order valence-electron chi connectivity index (χ2n) is 3.20. The third kappa shape index (κ3) is 4.00. The number of Topliss-reactive ketones (excluding diaryl/α,β-unsaturated/α-hetero) is 1. The first-order chi connectivity index (χ1) is 7.77. The van der Waals surface area contributed by atoms with Crippen LogP contribution in [0.25, 0.3) is 0 Å². The number of hydrogen-bond acceptors (Lipinski definition) is 4. The van der Waals surface area contributed by atoms with E-state index >= 15 is 0 Å². The van der Waals surface area contributed by atoms with Crippen LogP contribution in [0.3, 0.4) is 0 Å². The fourth-order valence-corrected chi connectivity index (χ4v) is 1.17. The topological polar surface area (TPSA) is 44.8 Å². The normalized spacial score (nSPS) is 10.1. The minimum Gasteiger partial charge on any atom is -0.497 e. The molecule has 0 amide bonds. The average Bonchev–Trinajstić information content (AvgIpc) is 2.34. The summed E-state index contributed by atoms with van der Waals surface area (Å²) in [4.78, 5) is 11.6. The van der Waals surface area contributed by atoms with Crippen molar-refractivity contribution in [3.05, 3.63) is 29.8 Å². The Balaban J connectivity index is 2.40. The van der Waals surface area contributed by atoms with Gasteiger partial charge < -0.3 is 14.2 Å². The van der Waals surface area contributed by atoms with E-state index in [9.17, 15) is 4.79 Å². The SMILES string of the molecule is COCCOCC(=O)c1ccc(OC)cc1. The smallest absolute Gasteiger partial charge is 0.188 e. The lowest BCUT2D eigenvalue weighted by Gasteiger charge is -2.04. The van der Waals surface area contributed by atoms with Crippen LogP contribution in [0.1, 0.15) is 10.4 Å². The van der Waals surface area contributed by atoms with E-state index in [1.165, 1.54) is 0 Å². The minimum atomic E-state index is -0.0428. The standard InChI is InChI=1S/C12H16O4/c1-14-7-8-16-9-12(13)10-3-5-11(15-2)6-4-10/h3-6H,7-9H2,1-2H3. The molecule has 88 valence electrons. The molecule has 4 nitrogen and oxygen atoms in total. The lowest BCUT2D eigenvalue weighted by molar-refractivity contribution is 0.0577. The van der Waals surface area contributed by atoms with Crippen molar-refractivity contribution in [1.29, 1.82) is 0 Å². The fourth-order valence-electron chi connectivity index (χ4n) is 1.17. The second kappa shape index (κ2) is 6.98. The third-order valence-corrected chi connectivity index (χ3v) is 2.08. The van der Waals surface area contributed by atoms with Gasteiger partial charge in [-0.25, -0.2) is 0 Å². The number of carbonyl (C=O) groups excluding carboxylic acids is 1. The molecule has 0 radical (unpaired) electrons. The maximum Gasteiger partial charge on any atom is 0.188 e. The van der Waals surface area contributed by atoms with Gasteiger partial charge in [0, 0.05) is 12.7 Å². The van der Waals surface area contributed by atoms with E-state index in [-0.39, 0.29) is 12.4 Å². The van der Waals surface area contributed by atoms with Crippen molar-refractivity contribution in [3.63, 3.8) is 0 Å². The van der Waals surface area contributed by atoms with Gasteiger partial charge in [0.15, 0.2) is 5.78 Å². The second-order valence-corrected chi connectivity index (χ2v) is 3.20. The number of ketones is 1. The molecule has 0 atom stereocenters. The third-order valence-electron chi connectivity index (χ3n) is 2.08. The van der Waals surface area contributed by atoms with Gasteiger partial charge in [0.25, 0.3) is 0 Å². The predicted octanol–water partition coefficient (Wildman–Crippen LogP) is 1.54. The molecule has 0 spiro atoms. The van der Waals surface area contributed by atoms with Crippen LogP contribution in [-0.2, 0) is 9.47 Å². The molecule has 0 saturated heterocycles. The Morgan fingerprint density at radius 3 is 2.38 bits per heavy atom. The Hall–Kier alpha value is -1.39. The van der Waals surface area contributed by atoms with Crippen LogP contribution in [0.5, 0.6) is 5.75 Å². The summed E-state index contributed by atoms with van der Waals surface area (Å²) in [7, 11) is 3.18. The Morgan fingerprint density at radius 1 is 1.12 bits per heavy atom. The highest BCUT2D eigenvalue weighted by Crippen LogP contribution is 2.11. The van der Waals surface area contributed by atoms with E-state index in [0.29, 0.717) is 18.8 Å². The van der Waals surface area contributed by atoms with Crippen molar-refractivity contribution in [2.24, 2.45) is 0 Å². The summed E-state index contributed by atoms with van der Waals surface area (Å²) >= 11 is 0. The predicted molar refractivity (Wildman–Crippen MR) is 60.0 cm³/mol. The van der Waals surface area contributed by atoms with Crippen LogP contribution >= 0.6 is 0 Å². The van der Waals surface area contributed by atoms with Gasteiger partial charge in [-0.15, -0.1) is 0 Å². The van der Waals surface area contributed by atoms with Gasteiger partial charge in [-0.2, -0.15) is 0 Å². The van der Waals surface area contributed by atoms with E-state index in [1.807, 2.05) is 0 Å². The van der Waals surface area contributed by atoms with E-state index in [1.54, 1.807) is 38.5 Å². The number of hydrogen-bond donors (Lipinski definition) is 0. The number of rotatable bonds is 7. The highest BCUT2D eigenvalue weighted by atomic mass is 16.5. The van der Waals surface area contributed by atoms with Crippen LogP contribution in [0.2, 0.25) is 0 Å². The molecule has 1 rings (SSSR count). The Bertz CT molecular complexity index is 318. The van der Waals surface area contributed by atoms with Crippen LogP contribution in [0.4, 0.5) is 0 Å². The maximum absolute atomic E-state index is 11.6. The van der Waals surface area contributed by atoms with Gasteiger partial charge in [0.1, 0.15) is 12.4 Å². The Morgan fingerprint density at radius 2 is 1.81 bits per heavy atom. The molecule has 0 heterocycles. The van der Waals surface area contributed by atoms with Gasteiger partial charge in [0.2, 0.25) is 0 Å². The summed E-state index contributed by atoms with van der Waals surface area (Å²) in [6.45, 7) is 1.00. The van der Waals surface area contributed by atoms with Crippen molar-refractivity contribution in [3.8, 4) is 5.75 Å². The van der Waals surface area contributed by atoms with Gasteiger partial charge in [-0.05, 0) is 24.3 Å². The molecule has 1 aromatic carbocycles. The summed E-state index contributed by atoms with van der Waals surface area (Å²) in [5.74, 6) is 0.690. The van der Waals surface area contributed by atoms with E-state index in [0.717, 1.165) is 5.75 Å². The quantitative estimate of drug-likeness (QED) is 0.520. The van der Waals surface area contributed by atoms with Crippen molar-refractivity contribution < 1.29 is 19.0 Å². The molecule has 0 unspecified atom stereocenters. The molecule has 0 fully saturated rings. The average molecular weight is 224 g/mol. The molecule has 0 aliphatic rings. The Labute approximate surface area is 95.1 Å². The van der Waals surface area contributed by atoms with E-state index in [2.05, 4.69) is 0 Å². The number of methoxy groups -OCH3 is 2. The highest BCUT2D eigenvalue weighted by Gasteiger charge is 2.05. The van der Waals surface area contributed by atoms with Crippen molar-refractivity contribution >= 4 is 5.78 Å². The van der Waals surface area contributed by atoms with Gasteiger partial charge >= 0.3 is 0 Å². The molecule has 4 heteroatoms. The number of ether oxygens (including phenoxy) is 3. The zero-order valence-electron chi connectivity index (χ0n) is 9.56. The number of carbonyl (C=O) groups is 1. The maximum atomic E-state index is 11.6. The fraction of sp³-hybridized carbons (Fsp3) is 0.417. The molecule has 0 aromatic heterocycles. The van der Waals surface area contributed by atoms with Crippen LogP contribution in [0, 0.1) is 0 Å². The van der Waals surface area contributed by atoms with Gasteiger partial charge in [0.05, 0.1) is 20.3 Å². The molecular formula is C12H16O4. The monoisotopic (exact) mass is 224 g/mol. The molecule has 0 saturated carbocycles. The van der Waals surface area contributed by atoms with E-state index < -0.39 is 0 Å². The molecule has 1 aromatic rings. The summed E-state index contributed by atoms with van der Waals surface area (Å²) in [5.41, 5.74) is 0.623. The molecule has 16 heavy (non-hydrogen) atoms. The summed E-state index contributed by atoms with van der Waals surface area (Å²) in [6, 6.07) is 6.95. The highest BCUT2D eigenvalue weighted by molar-refractivity contribution is 5.97. The van der Waals surface area contributed by atoms with Gasteiger partial charge in [-0.1, -0.05) is 0 Å². The first kappa shape index (κ1) is 12.7. The largest absolute Gasteiger partial charge is 0.497 e. The van der Waals surface area contributed by atoms with E-state index in [4.69, 9.17) is 14.2 Å².